The quantitative estimate of drug-likeness (QED) is 0.716. The van der Waals surface area contributed by atoms with Crippen LogP contribution in [0.3, 0.4) is 0 Å². The first-order valence-corrected chi connectivity index (χ1v) is 6.93. The molecule has 0 bridgehead atoms. The average Bonchev–Trinajstić information content (AvgIpc) is 2.37. The standard InChI is InChI=1S/C14H22N2O2/c1-11-8-16(9-12(2)18-11)13(17)14(10-15)6-4-3-5-7-14/h11-12H,3-9H2,1-2H3/t11-,12+. The molecule has 100 valence electrons. The molecule has 1 saturated heterocycles. The van der Waals surface area contributed by atoms with Gasteiger partial charge in [0, 0.05) is 13.1 Å². The second-order valence-corrected chi connectivity index (χ2v) is 5.72. The van der Waals surface area contributed by atoms with Crippen molar-refractivity contribution in [3.63, 3.8) is 0 Å². The smallest absolute Gasteiger partial charge is 0.243 e. The zero-order chi connectivity index (χ0) is 13.2. The van der Waals surface area contributed by atoms with Crippen LogP contribution in [-0.2, 0) is 9.53 Å². The van der Waals surface area contributed by atoms with Gasteiger partial charge in [-0.1, -0.05) is 19.3 Å². The summed E-state index contributed by atoms with van der Waals surface area (Å²) in [6, 6.07) is 2.31. The molecule has 2 atom stereocenters. The minimum atomic E-state index is -0.755. The maximum absolute atomic E-state index is 12.6. The van der Waals surface area contributed by atoms with Crippen molar-refractivity contribution >= 4 is 5.91 Å². The van der Waals surface area contributed by atoms with E-state index >= 15 is 0 Å². The molecule has 18 heavy (non-hydrogen) atoms. The average molecular weight is 250 g/mol. The number of nitriles is 1. The summed E-state index contributed by atoms with van der Waals surface area (Å²) in [5, 5.41) is 9.45. The van der Waals surface area contributed by atoms with Crippen molar-refractivity contribution in [3.05, 3.63) is 0 Å². The highest BCUT2D eigenvalue weighted by Gasteiger charge is 2.43. The predicted molar refractivity (Wildman–Crippen MR) is 67.7 cm³/mol. The van der Waals surface area contributed by atoms with Gasteiger partial charge in [0.2, 0.25) is 5.91 Å². The second-order valence-electron chi connectivity index (χ2n) is 5.72. The van der Waals surface area contributed by atoms with Crippen LogP contribution in [0.15, 0.2) is 0 Å². The number of ether oxygens (including phenoxy) is 1. The highest BCUT2D eigenvalue weighted by molar-refractivity contribution is 5.85. The molecule has 1 saturated carbocycles. The molecular weight excluding hydrogens is 228 g/mol. The predicted octanol–water partition coefficient (Wildman–Crippen LogP) is 2.10. The van der Waals surface area contributed by atoms with Crippen molar-refractivity contribution in [1.82, 2.24) is 4.90 Å². The fourth-order valence-corrected chi connectivity index (χ4v) is 3.18. The van der Waals surface area contributed by atoms with Gasteiger partial charge in [-0.05, 0) is 26.7 Å². The van der Waals surface area contributed by atoms with Crippen LogP contribution in [0, 0.1) is 16.7 Å². The van der Waals surface area contributed by atoms with Crippen LogP contribution in [-0.4, -0.2) is 36.1 Å². The topological polar surface area (TPSA) is 53.3 Å². The lowest BCUT2D eigenvalue weighted by molar-refractivity contribution is -0.152. The van der Waals surface area contributed by atoms with E-state index in [0.29, 0.717) is 13.1 Å². The Morgan fingerprint density at radius 3 is 2.28 bits per heavy atom. The summed E-state index contributed by atoms with van der Waals surface area (Å²) < 4.78 is 5.64. The van der Waals surface area contributed by atoms with Crippen LogP contribution >= 0.6 is 0 Å². The first kappa shape index (κ1) is 13.4. The fraction of sp³-hybridized carbons (Fsp3) is 0.857. The molecule has 2 aliphatic rings. The summed E-state index contributed by atoms with van der Waals surface area (Å²) >= 11 is 0. The molecule has 0 spiro atoms. The van der Waals surface area contributed by atoms with E-state index in [2.05, 4.69) is 6.07 Å². The van der Waals surface area contributed by atoms with E-state index < -0.39 is 5.41 Å². The van der Waals surface area contributed by atoms with Crippen molar-refractivity contribution < 1.29 is 9.53 Å². The number of rotatable bonds is 1. The molecular formula is C14H22N2O2. The number of carbonyl (C=O) groups is 1. The van der Waals surface area contributed by atoms with E-state index in [4.69, 9.17) is 4.74 Å². The Morgan fingerprint density at radius 2 is 1.78 bits per heavy atom. The van der Waals surface area contributed by atoms with Gasteiger partial charge in [-0.3, -0.25) is 4.79 Å². The molecule has 1 amide bonds. The molecule has 1 aliphatic heterocycles. The number of hydrogen-bond acceptors (Lipinski definition) is 3. The third-order valence-corrected chi connectivity index (χ3v) is 4.04. The van der Waals surface area contributed by atoms with Crippen LogP contribution in [0.25, 0.3) is 0 Å². The van der Waals surface area contributed by atoms with Crippen molar-refractivity contribution in [3.8, 4) is 6.07 Å². The zero-order valence-electron chi connectivity index (χ0n) is 11.3. The third kappa shape index (κ3) is 2.51. The maximum Gasteiger partial charge on any atom is 0.243 e. The number of amides is 1. The van der Waals surface area contributed by atoms with Crippen molar-refractivity contribution in [2.75, 3.05) is 13.1 Å². The van der Waals surface area contributed by atoms with Gasteiger partial charge < -0.3 is 9.64 Å². The first-order valence-electron chi connectivity index (χ1n) is 6.93. The molecule has 0 N–H and O–H groups in total. The van der Waals surface area contributed by atoms with Crippen LogP contribution in [0.1, 0.15) is 46.0 Å². The molecule has 0 unspecified atom stereocenters. The van der Waals surface area contributed by atoms with Crippen molar-refractivity contribution in [2.45, 2.75) is 58.2 Å². The molecule has 1 heterocycles. The van der Waals surface area contributed by atoms with Gasteiger partial charge in [-0.15, -0.1) is 0 Å². The Labute approximate surface area is 109 Å². The van der Waals surface area contributed by atoms with E-state index in [1.165, 1.54) is 0 Å². The molecule has 4 nitrogen and oxygen atoms in total. The van der Waals surface area contributed by atoms with Gasteiger partial charge in [-0.25, -0.2) is 0 Å². The number of carbonyl (C=O) groups excluding carboxylic acids is 1. The highest BCUT2D eigenvalue weighted by Crippen LogP contribution is 2.37. The monoisotopic (exact) mass is 250 g/mol. The summed E-state index contributed by atoms with van der Waals surface area (Å²) in [6.07, 6.45) is 4.72. The molecule has 0 radical (unpaired) electrons. The number of hydrogen-bond donors (Lipinski definition) is 0. The fourth-order valence-electron chi connectivity index (χ4n) is 3.18. The molecule has 1 aliphatic carbocycles. The van der Waals surface area contributed by atoms with E-state index in [1.54, 1.807) is 0 Å². The summed E-state index contributed by atoms with van der Waals surface area (Å²) in [6.45, 7) is 5.20. The van der Waals surface area contributed by atoms with Gasteiger partial charge in [0.1, 0.15) is 5.41 Å². The lowest BCUT2D eigenvalue weighted by Crippen LogP contribution is -2.53. The maximum atomic E-state index is 12.6. The van der Waals surface area contributed by atoms with E-state index in [9.17, 15) is 10.1 Å². The summed E-state index contributed by atoms with van der Waals surface area (Å²) in [4.78, 5) is 14.5. The largest absolute Gasteiger partial charge is 0.372 e. The lowest BCUT2D eigenvalue weighted by Gasteiger charge is -2.40. The van der Waals surface area contributed by atoms with E-state index in [1.807, 2.05) is 18.7 Å². The Bertz CT molecular complexity index is 345. The van der Waals surface area contributed by atoms with Crippen molar-refractivity contribution in [2.24, 2.45) is 5.41 Å². The summed E-state index contributed by atoms with van der Waals surface area (Å²) in [7, 11) is 0. The summed E-state index contributed by atoms with van der Waals surface area (Å²) in [5.74, 6) is 0.0340. The summed E-state index contributed by atoms with van der Waals surface area (Å²) in [5.41, 5.74) is -0.755. The van der Waals surface area contributed by atoms with Crippen LogP contribution in [0.2, 0.25) is 0 Å². The van der Waals surface area contributed by atoms with E-state index in [-0.39, 0.29) is 18.1 Å². The minimum Gasteiger partial charge on any atom is -0.372 e. The van der Waals surface area contributed by atoms with Crippen LogP contribution in [0.4, 0.5) is 0 Å². The second kappa shape index (κ2) is 5.27. The molecule has 0 aromatic rings. The third-order valence-electron chi connectivity index (χ3n) is 4.04. The Balaban J connectivity index is 2.11. The molecule has 2 fully saturated rings. The normalized spacial score (nSPS) is 31.7. The molecule has 0 aromatic heterocycles. The van der Waals surface area contributed by atoms with Crippen LogP contribution in [0.5, 0.6) is 0 Å². The number of nitrogens with zero attached hydrogens (tertiary/aromatic N) is 2. The van der Waals surface area contributed by atoms with Gasteiger partial charge in [0.15, 0.2) is 0 Å². The zero-order valence-corrected chi connectivity index (χ0v) is 11.3. The van der Waals surface area contributed by atoms with Gasteiger partial charge in [0.05, 0.1) is 18.3 Å². The molecule has 2 rings (SSSR count). The van der Waals surface area contributed by atoms with E-state index in [0.717, 1.165) is 32.1 Å². The van der Waals surface area contributed by atoms with Crippen molar-refractivity contribution in [1.29, 1.82) is 5.26 Å². The highest BCUT2D eigenvalue weighted by atomic mass is 16.5. The Hall–Kier alpha value is -1.08. The molecule has 0 aromatic carbocycles. The van der Waals surface area contributed by atoms with Gasteiger partial charge >= 0.3 is 0 Å². The number of morpholine rings is 1. The lowest BCUT2D eigenvalue weighted by atomic mass is 9.74. The SMILES string of the molecule is C[C@@H]1CN(C(=O)C2(C#N)CCCCC2)C[C@H](C)O1. The Morgan fingerprint density at radius 1 is 1.22 bits per heavy atom. The first-order chi connectivity index (χ1) is 8.57. The Kier molecular flexibility index (Phi) is 3.91. The van der Waals surface area contributed by atoms with Crippen LogP contribution < -0.4 is 0 Å². The minimum absolute atomic E-state index is 0.0340. The molecule has 4 heteroatoms. The van der Waals surface area contributed by atoms with Gasteiger partial charge in [0.25, 0.3) is 0 Å². The van der Waals surface area contributed by atoms with Gasteiger partial charge in [-0.2, -0.15) is 5.26 Å².